The molecule has 22 heavy (non-hydrogen) atoms. The van der Waals surface area contributed by atoms with E-state index >= 15 is 0 Å². The molecule has 0 aliphatic heterocycles. The molecule has 1 aromatic heterocycles. The van der Waals surface area contributed by atoms with Gasteiger partial charge >= 0.3 is 0 Å². The molecule has 1 amide bonds. The largest absolute Gasteiger partial charge is 0.493 e. The fourth-order valence-electron chi connectivity index (χ4n) is 1.99. The van der Waals surface area contributed by atoms with Gasteiger partial charge in [-0.1, -0.05) is 6.07 Å². The molecule has 3 N–H and O–H groups in total. The van der Waals surface area contributed by atoms with Crippen molar-refractivity contribution in [2.45, 2.75) is 19.0 Å². The van der Waals surface area contributed by atoms with Gasteiger partial charge in [-0.2, -0.15) is 0 Å². The lowest BCUT2D eigenvalue weighted by molar-refractivity contribution is -0.121. The third-order valence-corrected chi connectivity index (χ3v) is 3.83. The molecular formula is C15H19N3O3S. The van der Waals surface area contributed by atoms with Gasteiger partial charge in [0.15, 0.2) is 11.5 Å². The third-order valence-electron chi connectivity index (χ3n) is 3.19. The van der Waals surface area contributed by atoms with Crippen LogP contribution in [0.15, 0.2) is 29.1 Å². The first-order chi connectivity index (χ1) is 10.6. The summed E-state index contributed by atoms with van der Waals surface area (Å²) in [5, 5.41) is 4.70. The number of nitrogens with one attached hydrogen (secondary N) is 1. The molecule has 2 rings (SSSR count). The summed E-state index contributed by atoms with van der Waals surface area (Å²) < 4.78 is 10.4. The van der Waals surface area contributed by atoms with E-state index in [4.69, 9.17) is 15.2 Å². The minimum atomic E-state index is -0.407. The Morgan fingerprint density at radius 2 is 2.14 bits per heavy atom. The second-order valence-corrected chi connectivity index (χ2v) is 5.40. The van der Waals surface area contributed by atoms with Crippen LogP contribution < -0.4 is 20.5 Å². The zero-order valence-electron chi connectivity index (χ0n) is 12.5. The van der Waals surface area contributed by atoms with Crippen LogP contribution in [0.5, 0.6) is 11.5 Å². The quantitative estimate of drug-likeness (QED) is 0.813. The Bertz CT molecular complexity index is 617. The van der Waals surface area contributed by atoms with Crippen molar-refractivity contribution in [2.24, 2.45) is 5.73 Å². The van der Waals surface area contributed by atoms with Crippen LogP contribution in [-0.4, -0.2) is 25.1 Å². The van der Waals surface area contributed by atoms with Crippen LogP contribution in [0.3, 0.4) is 0 Å². The normalized spacial score (nSPS) is 11.8. The minimum Gasteiger partial charge on any atom is -0.493 e. The average molecular weight is 321 g/mol. The van der Waals surface area contributed by atoms with Crippen molar-refractivity contribution in [3.8, 4) is 11.5 Å². The Hall–Kier alpha value is -2.12. The molecule has 0 bridgehead atoms. The van der Waals surface area contributed by atoms with Crippen molar-refractivity contribution in [2.75, 3.05) is 14.2 Å². The van der Waals surface area contributed by atoms with Gasteiger partial charge in [0.25, 0.3) is 0 Å². The number of hydrogen-bond donors (Lipinski definition) is 2. The van der Waals surface area contributed by atoms with Gasteiger partial charge in [0.05, 0.1) is 32.0 Å². The van der Waals surface area contributed by atoms with Crippen molar-refractivity contribution < 1.29 is 14.3 Å². The molecule has 0 aliphatic rings. The molecule has 1 atom stereocenters. The molecule has 6 nitrogen and oxygen atoms in total. The number of hydrogen-bond acceptors (Lipinski definition) is 6. The predicted octanol–water partition coefficient (Wildman–Crippen LogP) is 1.87. The van der Waals surface area contributed by atoms with E-state index in [0.717, 1.165) is 11.3 Å². The van der Waals surface area contributed by atoms with Crippen molar-refractivity contribution in [1.29, 1.82) is 0 Å². The molecule has 0 saturated carbocycles. The Morgan fingerprint density at radius 1 is 1.36 bits per heavy atom. The van der Waals surface area contributed by atoms with Gasteiger partial charge < -0.3 is 20.5 Å². The highest BCUT2D eigenvalue weighted by Crippen LogP contribution is 2.30. The number of nitrogens with zero attached hydrogens (tertiary/aromatic N) is 1. The van der Waals surface area contributed by atoms with Gasteiger partial charge in [0.1, 0.15) is 0 Å². The van der Waals surface area contributed by atoms with Gasteiger partial charge in [-0.25, -0.2) is 4.98 Å². The number of carbonyl (C=O) groups is 1. The van der Waals surface area contributed by atoms with Crippen LogP contribution in [0.4, 0.5) is 0 Å². The van der Waals surface area contributed by atoms with Crippen LogP contribution in [0.2, 0.25) is 0 Å². The maximum Gasteiger partial charge on any atom is 0.222 e. The van der Waals surface area contributed by atoms with Crippen molar-refractivity contribution in [1.82, 2.24) is 10.3 Å². The molecule has 0 fully saturated rings. The highest BCUT2D eigenvalue weighted by atomic mass is 32.1. The van der Waals surface area contributed by atoms with E-state index in [9.17, 15) is 4.79 Å². The number of amides is 1. The molecular weight excluding hydrogens is 302 g/mol. The molecule has 1 aromatic carbocycles. The van der Waals surface area contributed by atoms with Crippen LogP contribution in [-0.2, 0) is 11.3 Å². The molecule has 2 aromatic rings. The maximum absolute atomic E-state index is 11.9. The smallest absolute Gasteiger partial charge is 0.222 e. The highest BCUT2D eigenvalue weighted by Gasteiger charge is 2.14. The summed E-state index contributed by atoms with van der Waals surface area (Å²) in [5.41, 5.74) is 9.49. The summed E-state index contributed by atoms with van der Waals surface area (Å²) in [7, 11) is 3.14. The number of nitrogens with two attached hydrogens (primary N) is 1. The monoisotopic (exact) mass is 321 g/mol. The summed E-state index contributed by atoms with van der Waals surface area (Å²) in [5.74, 6) is 1.11. The van der Waals surface area contributed by atoms with E-state index in [-0.39, 0.29) is 12.3 Å². The van der Waals surface area contributed by atoms with Gasteiger partial charge in [0, 0.05) is 17.8 Å². The fraction of sp³-hybridized carbons (Fsp3) is 0.333. The number of rotatable bonds is 7. The van der Waals surface area contributed by atoms with E-state index < -0.39 is 6.04 Å². The first-order valence-electron chi connectivity index (χ1n) is 6.75. The van der Waals surface area contributed by atoms with Crippen LogP contribution >= 0.6 is 11.3 Å². The first-order valence-corrected chi connectivity index (χ1v) is 7.69. The first kappa shape index (κ1) is 16.3. The molecule has 0 spiro atoms. The third kappa shape index (κ3) is 4.19. The van der Waals surface area contributed by atoms with Crippen molar-refractivity contribution >= 4 is 17.2 Å². The second kappa shape index (κ2) is 7.77. The molecule has 118 valence electrons. The van der Waals surface area contributed by atoms with Gasteiger partial charge in [-0.05, 0) is 17.7 Å². The summed E-state index contributed by atoms with van der Waals surface area (Å²) in [6, 6.07) is 4.99. The second-order valence-electron chi connectivity index (χ2n) is 4.68. The Kier molecular flexibility index (Phi) is 5.74. The Balaban J connectivity index is 1.93. The van der Waals surface area contributed by atoms with Gasteiger partial charge in [0.2, 0.25) is 5.91 Å². The number of methoxy groups -OCH3 is 2. The van der Waals surface area contributed by atoms with Crippen LogP contribution in [0, 0.1) is 0 Å². The number of carbonyl (C=O) groups excluding carboxylic acids is 1. The number of ether oxygens (including phenoxy) is 2. The molecule has 7 heteroatoms. The topological polar surface area (TPSA) is 86.5 Å². The minimum absolute atomic E-state index is 0.115. The lowest BCUT2D eigenvalue weighted by Gasteiger charge is -2.14. The standard InChI is InChI=1S/C15H19N3O3S/c1-20-13-4-3-10(5-14(13)21-2)12(16)6-15(19)17-7-11-8-22-9-18-11/h3-5,8-9,12H,6-7,16H2,1-2H3,(H,17,19). The van der Waals surface area contributed by atoms with Crippen LogP contribution in [0.1, 0.15) is 23.7 Å². The molecule has 1 heterocycles. The van der Waals surface area contributed by atoms with Crippen molar-refractivity contribution in [3.05, 3.63) is 40.3 Å². The molecule has 0 radical (unpaired) electrons. The highest BCUT2D eigenvalue weighted by molar-refractivity contribution is 7.07. The summed E-state index contributed by atoms with van der Waals surface area (Å²) >= 11 is 1.50. The van der Waals surface area contributed by atoms with E-state index in [0.29, 0.717) is 18.0 Å². The number of benzene rings is 1. The summed E-state index contributed by atoms with van der Waals surface area (Å²) in [6.07, 6.45) is 0.194. The lowest BCUT2D eigenvalue weighted by atomic mass is 10.0. The zero-order chi connectivity index (χ0) is 15.9. The number of thiazole rings is 1. The SMILES string of the molecule is COc1ccc(C(N)CC(=O)NCc2cscn2)cc1OC. The zero-order valence-corrected chi connectivity index (χ0v) is 13.4. The van der Waals surface area contributed by atoms with E-state index in [1.807, 2.05) is 11.4 Å². The fourth-order valence-corrected chi connectivity index (χ4v) is 2.55. The molecule has 1 unspecified atom stereocenters. The number of aromatic nitrogens is 1. The summed E-state index contributed by atoms with van der Waals surface area (Å²) in [6.45, 7) is 0.418. The van der Waals surface area contributed by atoms with Crippen molar-refractivity contribution in [3.63, 3.8) is 0 Å². The Morgan fingerprint density at radius 3 is 2.77 bits per heavy atom. The van der Waals surface area contributed by atoms with E-state index in [1.165, 1.54) is 11.3 Å². The van der Waals surface area contributed by atoms with Crippen LogP contribution in [0.25, 0.3) is 0 Å². The predicted molar refractivity (Wildman–Crippen MR) is 85.1 cm³/mol. The molecule has 0 aliphatic carbocycles. The van der Waals surface area contributed by atoms with E-state index in [1.54, 1.807) is 31.9 Å². The molecule has 0 saturated heterocycles. The van der Waals surface area contributed by atoms with Gasteiger partial charge in [-0.15, -0.1) is 11.3 Å². The average Bonchev–Trinajstić information content (AvgIpc) is 3.05. The van der Waals surface area contributed by atoms with Gasteiger partial charge in [-0.3, -0.25) is 4.79 Å². The maximum atomic E-state index is 11.9. The summed E-state index contributed by atoms with van der Waals surface area (Å²) in [4.78, 5) is 16.0. The van der Waals surface area contributed by atoms with E-state index in [2.05, 4.69) is 10.3 Å². The lowest BCUT2D eigenvalue weighted by Crippen LogP contribution is -2.27. The Labute approximate surface area is 133 Å².